The summed E-state index contributed by atoms with van der Waals surface area (Å²) in [6, 6.07) is 15.1. The van der Waals surface area contributed by atoms with E-state index in [1.54, 1.807) is 30.3 Å². The summed E-state index contributed by atoms with van der Waals surface area (Å²) in [6.45, 7) is 0. The van der Waals surface area contributed by atoms with Gasteiger partial charge in [-0.25, -0.2) is 9.97 Å². The monoisotopic (exact) mass is 326 g/mol. The van der Waals surface area contributed by atoms with E-state index >= 15 is 0 Å². The summed E-state index contributed by atoms with van der Waals surface area (Å²) in [5.41, 5.74) is 8.55. The van der Waals surface area contributed by atoms with E-state index in [2.05, 4.69) is 9.97 Å². The number of hydrogen-bond donors (Lipinski definition) is 1. The Morgan fingerprint density at radius 3 is 2.22 bits per heavy atom. The molecule has 0 unspecified atom stereocenters. The molecule has 0 atom stereocenters. The van der Waals surface area contributed by atoms with Gasteiger partial charge in [0.1, 0.15) is 0 Å². The lowest BCUT2D eigenvalue weighted by atomic mass is 10.1. The van der Waals surface area contributed by atoms with Gasteiger partial charge in [-0.15, -0.1) is 0 Å². The molecule has 7 heteroatoms. The molecule has 0 saturated heterocycles. The Hall–Kier alpha value is -2.99. The number of halogens is 1. The Kier molecular flexibility index (Phi) is 3.91. The second-order valence-electron chi connectivity index (χ2n) is 4.81. The van der Waals surface area contributed by atoms with Gasteiger partial charge >= 0.3 is 0 Å². The lowest BCUT2D eigenvalue weighted by Crippen LogP contribution is -1.98. The Morgan fingerprint density at radius 1 is 0.957 bits per heavy atom. The molecule has 1 heterocycles. The number of anilines is 1. The zero-order chi connectivity index (χ0) is 16.4. The van der Waals surface area contributed by atoms with Gasteiger partial charge in [-0.2, -0.15) is 0 Å². The summed E-state index contributed by atoms with van der Waals surface area (Å²) in [5.74, 6) is 0.121. The van der Waals surface area contributed by atoms with Crippen molar-refractivity contribution < 1.29 is 4.92 Å². The van der Waals surface area contributed by atoms with E-state index in [0.29, 0.717) is 22.0 Å². The minimum absolute atomic E-state index is 0.0193. The first-order valence-corrected chi connectivity index (χ1v) is 7.06. The maximum Gasteiger partial charge on any atom is 0.269 e. The topological polar surface area (TPSA) is 94.9 Å². The molecule has 114 valence electrons. The number of nitro benzene ring substituents is 1. The Labute approximate surface area is 136 Å². The highest BCUT2D eigenvalue weighted by atomic mass is 35.5. The number of nitrogens with two attached hydrogens (primary N) is 1. The van der Waals surface area contributed by atoms with Crippen LogP contribution in [0, 0.1) is 10.1 Å². The molecule has 0 aliphatic heterocycles. The maximum atomic E-state index is 10.7. The third kappa shape index (κ3) is 3.27. The van der Waals surface area contributed by atoms with Crippen molar-refractivity contribution in [2.75, 3.05) is 5.73 Å². The molecule has 0 amide bonds. The zero-order valence-corrected chi connectivity index (χ0v) is 12.6. The van der Waals surface area contributed by atoms with Crippen LogP contribution in [0.1, 0.15) is 0 Å². The van der Waals surface area contributed by atoms with Crippen molar-refractivity contribution in [1.82, 2.24) is 9.97 Å². The standard InChI is InChI=1S/C16H11ClN4O2/c17-12-3-1-2-11(8-12)15-9-14(19-16(18)20-15)10-4-6-13(7-5-10)21(22)23/h1-9H,(H2,18,19,20). The van der Waals surface area contributed by atoms with Crippen LogP contribution in [0.25, 0.3) is 22.5 Å². The van der Waals surface area contributed by atoms with Gasteiger partial charge in [0.25, 0.3) is 5.69 Å². The van der Waals surface area contributed by atoms with Crippen molar-refractivity contribution in [3.63, 3.8) is 0 Å². The van der Waals surface area contributed by atoms with Crippen molar-refractivity contribution in [2.24, 2.45) is 0 Å². The highest BCUT2D eigenvalue weighted by Gasteiger charge is 2.10. The summed E-state index contributed by atoms with van der Waals surface area (Å²) in [4.78, 5) is 18.7. The number of nitrogen functional groups attached to an aromatic ring is 1. The quantitative estimate of drug-likeness (QED) is 0.580. The van der Waals surface area contributed by atoms with Crippen LogP contribution in [-0.4, -0.2) is 14.9 Å². The fourth-order valence-electron chi connectivity index (χ4n) is 2.16. The third-order valence-electron chi connectivity index (χ3n) is 3.24. The SMILES string of the molecule is Nc1nc(-c2ccc([N+](=O)[O-])cc2)cc(-c2cccc(Cl)c2)n1. The fraction of sp³-hybridized carbons (Fsp3) is 0. The average molecular weight is 327 g/mol. The highest BCUT2D eigenvalue weighted by molar-refractivity contribution is 6.30. The van der Waals surface area contributed by atoms with Crippen LogP contribution in [0.15, 0.2) is 54.6 Å². The molecule has 0 bridgehead atoms. The molecule has 1 aromatic heterocycles. The normalized spacial score (nSPS) is 10.5. The van der Waals surface area contributed by atoms with Gasteiger partial charge in [0, 0.05) is 28.3 Å². The first kappa shape index (κ1) is 14.9. The molecule has 6 nitrogen and oxygen atoms in total. The fourth-order valence-corrected chi connectivity index (χ4v) is 2.35. The molecule has 0 aliphatic carbocycles. The van der Waals surface area contributed by atoms with E-state index in [9.17, 15) is 10.1 Å². The Balaban J connectivity index is 2.05. The summed E-state index contributed by atoms with van der Waals surface area (Å²) >= 11 is 6.00. The predicted molar refractivity (Wildman–Crippen MR) is 89.0 cm³/mol. The number of non-ortho nitro benzene ring substituents is 1. The van der Waals surface area contributed by atoms with Gasteiger partial charge in [-0.05, 0) is 30.3 Å². The summed E-state index contributed by atoms with van der Waals surface area (Å²) in [6.07, 6.45) is 0. The van der Waals surface area contributed by atoms with Crippen molar-refractivity contribution in [2.45, 2.75) is 0 Å². The zero-order valence-electron chi connectivity index (χ0n) is 11.8. The molecule has 0 fully saturated rings. The third-order valence-corrected chi connectivity index (χ3v) is 3.47. The molecule has 0 aliphatic rings. The Morgan fingerprint density at radius 2 is 1.61 bits per heavy atom. The molecule has 0 saturated carbocycles. The molecular formula is C16H11ClN4O2. The van der Waals surface area contributed by atoms with E-state index in [4.69, 9.17) is 17.3 Å². The molecule has 0 radical (unpaired) electrons. The van der Waals surface area contributed by atoms with Crippen LogP contribution >= 0.6 is 11.6 Å². The minimum Gasteiger partial charge on any atom is -0.368 e. The van der Waals surface area contributed by atoms with Crippen LogP contribution < -0.4 is 5.73 Å². The smallest absolute Gasteiger partial charge is 0.269 e. The molecule has 23 heavy (non-hydrogen) atoms. The average Bonchev–Trinajstić information content (AvgIpc) is 2.54. The first-order valence-electron chi connectivity index (χ1n) is 6.68. The van der Waals surface area contributed by atoms with Crippen LogP contribution in [0.4, 0.5) is 11.6 Å². The number of rotatable bonds is 3. The second-order valence-corrected chi connectivity index (χ2v) is 5.25. The highest BCUT2D eigenvalue weighted by Crippen LogP contribution is 2.27. The summed E-state index contributed by atoms with van der Waals surface area (Å²) < 4.78 is 0. The number of hydrogen-bond acceptors (Lipinski definition) is 5. The lowest BCUT2D eigenvalue weighted by molar-refractivity contribution is -0.384. The van der Waals surface area contributed by atoms with E-state index in [-0.39, 0.29) is 11.6 Å². The largest absolute Gasteiger partial charge is 0.368 e. The van der Waals surface area contributed by atoms with Gasteiger partial charge in [0.15, 0.2) is 0 Å². The number of benzene rings is 2. The van der Waals surface area contributed by atoms with Gasteiger partial charge in [0.2, 0.25) is 5.95 Å². The van der Waals surface area contributed by atoms with Gasteiger partial charge in [-0.1, -0.05) is 23.7 Å². The predicted octanol–water partition coefficient (Wildman–Crippen LogP) is 3.95. The van der Waals surface area contributed by atoms with Gasteiger partial charge < -0.3 is 5.73 Å². The summed E-state index contributed by atoms with van der Waals surface area (Å²) in [7, 11) is 0. The van der Waals surface area contributed by atoms with E-state index in [1.807, 2.05) is 12.1 Å². The molecule has 2 aromatic carbocycles. The van der Waals surface area contributed by atoms with Crippen molar-refractivity contribution in [1.29, 1.82) is 0 Å². The Bertz CT molecular complexity index is 882. The molecule has 3 aromatic rings. The molecule has 3 rings (SSSR count). The maximum absolute atomic E-state index is 10.7. The van der Waals surface area contributed by atoms with E-state index in [0.717, 1.165) is 5.56 Å². The molecule has 2 N–H and O–H groups in total. The van der Waals surface area contributed by atoms with Crippen LogP contribution in [0.2, 0.25) is 5.02 Å². The van der Waals surface area contributed by atoms with Crippen LogP contribution in [-0.2, 0) is 0 Å². The van der Waals surface area contributed by atoms with Crippen molar-refractivity contribution in [3.05, 3.63) is 69.7 Å². The number of nitro groups is 1. The number of aromatic nitrogens is 2. The van der Waals surface area contributed by atoms with Crippen molar-refractivity contribution in [3.8, 4) is 22.5 Å². The first-order chi connectivity index (χ1) is 11.0. The second kappa shape index (κ2) is 6.02. The van der Waals surface area contributed by atoms with Crippen LogP contribution in [0.3, 0.4) is 0 Å². The number of nitrogens with zero attached hydrogens (tertiary/aromatic N) is 3. The van der Waals surface area contributed by atoms with E-state index in [1.165, 1.54) is 12.1 Å². The molecule has 0 spiro atoms. The van der Waals surface area contributed by atoms with Gasteiger partial charge in [-0.3, -0.25) is 10.1 Å². The minimum atomic E-state index is -0.449. The summed E-state index contributed by atoms with van der Waals surface area (Å²) in [5, 5.41) is 11.3. The van der Waals surface area contributed by atoms with E-state index < -0.39 is 4.92 Å². The molecular weight excluding hydrogens is 316 g/mol. The van der Waals surface area contributed by atoms with Crippen LogP contribution in [0.5, 0.6) is 0 Å². The lowest BCUT2D eigenvalue weighted by Gasteiger charge is -2.06. The van der Waals surface area contributed by atoms with Crippen molar-refractivity contribution >= 4 is 23.2 Å². The van der Waals surface area contributed by atoms with Gasteiger partial charge in [0.05, 0.1) is 16.3 Å².